The van der Waals surface area contributed by atoms with Crippen LogP contribution in [0.5, 0.6) is 0 Å². The fraction of sp³-hybridized carbons (Fsp3) is 0.538. The van der Waals surface area contributed by atoms with Crippen molar-refractivity contribution in [3.63, 3.8) is 0 Å². The standard InChI is InChI=1S/C13H20O/c1-11(2)12-9-7-5-3-4-6-8-10-13(12)14/h5-8,13-14H,3-4,9-10H2,1-2H3. The molecule has 0 amide bonds. The fourth-order valence-corrected chi connectivity index (χ4v) is 1.68. The van der Waals surface area contributed by atoms with Crippen LogP contribution in [-0.2, 0) is 0 Å². The third-order valence-electron chi connectivity index (χ3n) is 2.57. The Bertz CT molecular complexity index is 254. The first-order valence-electron chi connectivity index (χ1n) is 5.36. The molecule has 0 bridgehead atoms. The molecule has 0 aromatic rings. The summed E-state index contributed by atoms with van der Waals surface area (Å²) in [6.45, 7) is 4.14. The second kappa shape index (κ2) is 5.82. The van der Waals surface area contributed by atoms with Crippen molar-refractivity contribution >= 4 is 0 Å². The van der Waals surface area contributed by atoms with Crippen LogP contribution in [0.1, 0.15) is 39.5 Å². The highest BCUT2D eigenvalue weighted by Crippen LogP contribution is 2.18. The minimum absolute atomic E-state index is 0.293. The summed E-state index contributed by atoms with van der Waals surface area (Å²) >= 11 is 0. The molecule has 1 aliphatic rings. The van der Waals surface area contributed by atoms with Gasteiger partial charge in [-0.2, -0.15) is 0 Å². The third kappa shape index (κ3) is 3.51. The van der Waals surface area contributed by atoms with Gasteiger partial charge in [0.25, 0.3) is 0 Å². The largest absolute Gasteiger partial charge is 0.388 e. The molecule has 0 aromatic heterocycles. The van der Waals surface area contributed by atoms with Gasteiger partial charge in [0.2, 0.25) is 0 Å². The van der Waals surface area contributed by atoms with Gasteiger partial charge < -0.3 is 5.11 Å². The molecule has 0 heterocycles. The lowest BCUT2D eigenvalue weighted by Gasteiger charge is -2.14. The maximum absolute atomic E-state index is 9.92. The summed E-state index contributed by atoms with van der Waals surface area (Å²) in [5.74, 6) is 0. The zero-order valence-electron chi connectivity index (χ0n) is 9.16. The fourth-order valence-electron chi connectivity index (χ4n) is 1.68. The number of aliphatic hydroxyl groups is 1. The van der Waals surface area contributed by atoms with Crippen LogP contribution in [0.4, 0.5) is 0 Å². The zero-order valence-corrected chi connectivity index (χ0v) is 9.16. The molecule has 0 saturated heterocycles. The van der Waals surface area contributed by atoms with Gasteiger partial charge in [-0.3, -0.25) is 0 Å². The van der Waals surface area contributed by atoms with Gasteiger partial charge >= 0.3 is 0 Å². The van der Waals surface area contributed by atoms with Crippen molar-refractivity contribution in [2.75, 3.05) is 0 Å². The van der Waals surface area contributed by atoms with Crippen molar-refractivity contribution in [1.82, 2.24) is 0 Å². The first-order valence-corrected chi connectivity index (χ1v) is 5.36. The summed E-state index contributed by atoms with van der Waals surface area (Å²) in [5.41, 5.74) is 2.42. The Morgan fingerprint density at radius 3 is 2.43 bits per heavy atom. The van der Waals surface area contributed by atoms with Crippen molar-refractivity contribution in [3.05, 3.63) is 35.5 Å². The molecule has 78 valence electrons. The average Bonchev–Trinajstić information content (AvgIpc) is 2.15. The summed E-state index contributed by atoms with van der Waals surface area (Å²) in [7, 11) is 0. The topological polar surface area (TPSA) is 20.2 Å². The van der Waals surface area contributed by atoms with Gasteiger partial charge in [-0.1, -0.05) is 29.9 Å². The van der Waals surface area contributed by atoms with E-state index in [4.69, 9.17) is 0 Å². The normalized spacial score (nSPS) is 23.6. The Hall–Kier alpha value is -0.820. The zero-order chi connectivity index (χ0) is 10.4. The van der Waals surface area contributed by atoms with E-state index in [0.717, 1.165) is 25.7 Å². The summed E-state index contributed by atoms with van der Waals surface area (Å²) in [5, 5.41) is 9.92. The SMILES string of the molecule is CC(C)=C1CC=CCCC=CCC1O. The molecular weight excluding hydrogens is 172 g/mol. The van der Waals surface area contributed by atoms with Gasteiger partial charge in [0.15, 0.2) is 0 Å². The summed E-state index contributed by atoms with van der Waals surface area (Å²) in [6, 6.07) is 0. The van der Waals surface area contributed by atoms with E-state index in [1.54, 1.807) is 0 Å². The van der Waals surface area contributed by atoms with Gasteiger partial charge in [0.05, 0.1) is 6.10 Å². The van der Waals surface area contributed by atoms with Crippen LogP contribution in [-0.4, -0.2) is 11.2 Å². The first kappa shape index (κ1) is 11.3. The summed E-state index contributed by atoms with van der Waals surface area (Å²) < 4.78 is 0. The molecule has 1 aliphatic carbocycles. The van der Waals surface area contributed by atoms with Crippen LogP contribution in [0.2, 0.25) is 0 Å². The lowest BCUT2D eigenvalue weighted by Crippen LogP contribution is -2.10. The van der Waals surface area contributed by atoms with Crippen molar-refractivity contribution in [3.8, 4) is 0 Å². The molecule has 0 spiro atoms. The second-order valence-corrected chi connectivity index (χ2v) is 4.00. The van der Waals surface area contributed by atoms with Crippen LogP contribution in [0.15, 0.2) is 35.5 Å². The quantitative estimate of drug-likeness (QED) is 0.583. The number of aliphatic hydroxyl groups excluding tert-OH is 1. The van der Waals surface area contributed by atoms with E-state index in [1.165, 1.54) is 11.1 Å². The molecule has 0 aromatic carbocycles. The molecule has 1 unspecified atom stereocenters. The molecule has 1 heteroatoms. The monoisotopic (exact) mass is 192 g/mol. The molecule has 1 rings (SSSR count). The van der Waals surface area contributed by atoms with E-state index in [9.17, 15) is 5.11 Å². The Morgan fingerprint density at radius 1 is 1.14 bits per heavy atom. The Kier molecular flexibility index (Phi) is 4.68. The van der Waals surface area contributed by atoms with Gasteiger partial charge in [-0.05, 0) is 45.1 Å². The van der Waals surface area contributed by atoms with Crippen LogP contribution < -0.4 is 0 Å². The van der Waals surface area contributed by atoms with Gasteiger partial charge in [-0.15, -0.1) is 0 Å². The number of rotatable bonds is 0. The van der Waals surface area contributed by atoms with Crippen LogP contribution in [0.25, 0.3) is 0 Å². The molecule has 0 saturated carbocycles. The van der Waals surface area contributed by atoms with Crippen molar-refractivity contribution in [2.45, 2.75) is 45.6 Å². The number of allylic oxidation sites excluding steroid dienone is 4. The summed E-state index contributed by atoms with van der Waals surface area (Å²) in [4.78, 5) is 0. The highest BCUT2D eigenvalue weighted by molar-refractivity contribution is 5.19. The van der Waals surface area contributed by atoms with Crippen molar-refractivity contribution in [1.29, 1.82) is 0 Å². The van der Waals surface area contributed by atoms with E-state index in [0.29, 0.717) is 0 Å². The molecule has 1 nitrogen and oxygen atoms in total. The van der Waals surface area contributed by atoms with E-state index in [-0.39, 0.29) is 6.10 Å². The predicted molar refractivity (Wildman–Crippen MR) is 61.1 cm³/mol. The van der Waals surface area contributed by atoms with Crippen LogP contribution in [0, 0.1) is 0 Å². The van der Waals surface area contributed by atoms with Gasteiger partial charge in [-0.25, -0.2) is 0 Å². The van der Waals surface area contributed by atoms with Gasteiger partial charge in [0.1, 0.15) is 0 Å². The van der Waals surface area contributed by atoms with E-state index >= 15 is 0 Å². The van der Waals surface area contributed by atoms with Crippen LogP contribution in [0.3, 0.4) is 0 Å². The highest BCUT2D eigenvalue weighted by atomic mass is 16.3. The molecule has 1 N–H and O–H groups in total. The van der Waals surface area contributed by atoms with Gasteiger partial charge in [0, 0.05) is 0 Å². The second-order valence-electron chi connectivity index (χ2n) is 4.00. The molecular formula is C13H20O. The number of hydrogen-bond donors (Lipinski definition) is 1. The average molecular weight is 192 g/mol. The lowest BCUT2D eigenvalue weighted by molar-refractivity contribution is 0.210. The Balaban J connectivity index is 2.76. The smallest absolute Gasteiger partial charge is 0.0789 e. The lowest BCUT2D eigenvalue weighted by atomic mass is 9.97. The van der Waals surface area contributed by atoms with E-state index in [2.05, 4.69) is 38.2 Å². The summed E-state index contributed by atoms with van der Waals surface area (Å²) in [6.07, 6.45) is 12.2. The third-order valence-corrected chi connectivity index (χ3v) is 2.57. The Morgan fingerprint density at radius 2 is 1.79 bits per heavy atom. The highest BCUT2D eigenvalue weighted by Gasteiger charge is 2.09. The molecule has 0 radical (unpaired) electrons. The predicted octanol–water partition coefficient (Wildman–Crippen LogP) is 3.37. The van der Waals surface area contributed by atoms with Crippen molar-refractivity contribution in [2.24, 2.45) is 0 Å². The van der Waals surface area contributed by atoms with Crippen LogP contribution >= 0.6 is 0 Å². The van der Waals surface area contributed by atoms with Crippen molar-refractivity contribution < 1.29 is 5.11 Å². The minimum Gasteiger partial charge on any atom is -0.388 e. The van der Waals surface area contributed by atoms with E-state index in [1.807, 2.05) is 0 Å². The number of hydrogen-bond acceptors (Lipinski definition) is 1. The molecule has 0 aliphatic heterocycles. The maximum atomic E-state index is 9.92. The first-order chi connectivity index (χ1) is 6.72. The minimum atomic E-state index is -0.293. The maximum Gasteiger partial charge on any atom is 0.0789 e. The van der Waals surface area contributed by atoms with E-state index < -0.39 is 0 Å². The Labute approximate surface area is 86.8 Å². The molecule has 1 atom stereocenters. The molecule has 0 fully saturated rings. The molecule has 14 heavy (non-hydrogen) atoms.